The lowest BCUT2D eigenvalue weighted by atomic mass is 10.0. The number of H-pyrrole nitrogens is 1. The Kier molecular flexibility index (Phi) is 1.92. The van der Waals surface area contributed by atoms with Crippen LogP contribution >= 0.6 is 0 Å². The summed E-state index contributed by atoms with van der Waals surface area (Å²) in [5.41, 5.74) is 2.92. The molecule has 0 saturated carbocycles. The monoisotopic (exact) mass is 179 g/mol. The van der Waals surface area contributed by atoms with Gasteiger partial charge < -0.3 is 4.90 Å². The van der Waals surface area contributed by atoms with E-state index < -0.39 is 0 Å². The van der Waals surface area contributed by atoms with Gasteiger partial charge in [0.25, 0.3) is 5.56 Å². The minimum Gasteiger partial charge on any atom is -0.302 e. The number of rotatable bonds is 0. The third-order valence-corrected chi connectivity index (χ3v) is 2.59. The summed E-state index contributed by atoms with van der Waals surface area (Å²) in [5.74, 6) is 0. The summed E-state index contributed by atoms with van der Waals surface area (Å²) < 4.78 is 0. The highest BCUT2D eigenvalue weighted by Gasteiger charge is 2.17. The maximum absolute atomic E-state index is 11.3. The second-order valence-electron chi connectivity index (χ2n) is 3.59. The molecule has 0 amide bonds. The van der Waals surface area contributed by atoms with Gasteiger partial charge in [0.15, 0.2) is 0 Å². The average Bonchev–Trinajstić information content (AvgIpc) is 2.12. The summed E-state index contributed by atoms with van der Waals surface area (Å²) >= 11 is 0. The molecule has 0 unspecified atom stereocenters. The highest BCUT2D eigenvalue weighted by atomic mass is 16.1. The maximum Gasteiger partial charge on any atom is 0.267 e. The minimum absolute atomic E-state index is 0.0611. The van der Waals surface area contributed by atoms with Crippen molar-refractivity contribution in [3.05, 3.63) is 27.2 Å². The predicted molar refractivity (Wildman–Crippen MR) is 49.6 cm³/mol. The summed E-state index contributed by atoms with van der Waals surface area (Å²) in [4.78, 5) is 13.5. The van der Waals surface area contributed by atoms with Crippen LogP contribution in [-0.2, 0) is 13.0 Å². The van der Waals surface area contributed by atoms with Crippen molar-refractivity contribution in [3.63, 3.8) is 0 Å². The van der Waals surface area contributed by atoms with Gasteiger partial charge in [-0.1, -0.05) is 0 Å². The highest BCUT2D eigenvalue weighted by Crippen LogP contribution is 2.15. The molecule has 0 atom stereocenters. The number of likely N-dealkylation sites (N-methyl/N-ethyl adjacent to an activating group) is 1. The van der Waals surface area contributed by atoms with Gasteiger partial charge >= 0.3 is 0 Å². The molecule has 0 saturated heterocycles. The first-order chi connectivity index (χ1) is 6.18. The van der Waals surface area contributed by atoms with Crippen molar-refractivity contribution in [2.45, 2.75) is 19.9 Å². The van der Waals surface area contributed by atoms with Crippen molar-refractivity contribution in [2.24, 2.45) is 0 Å². The molecule has 1 aromatic heterocycles. The smallest absolute Gasteiger partial charge is 0.267 e. The number of aromatic amines is 1. The Hall–Kier alpha value is -1.16. The number of nitrogens with one attached hydrogen (secondary N) is 1. The van der Waals surface area contributed by atoms with Crippen LogP contribution in [0.3, 0.4) is 0 Å². The largest absolute Gasteiger partial charge is 0.302 e. The van der Waals surface area contributed by atoms with Crippen LogP contribution in [0.2, 0.25) is 0 Å². The van der Waals surface area contributed by atoms with Crippen LogP contribution in [0.15, 0.2) is 4.79 Å². The number of aromatic nitrogens is 2. The third kappa shape index (κ3) is 1.37. The van der Waals surface area contributed by atoms with Crippen LogP contribution < -0.4 is 5.56 Å². The van der Waals surface area contributed by atoms with E-state index in [1.54, 1.807) is 0 Å². The van der Waals surface area contributed by atoms with E-state index >= 15 is 0 Å². The van der Waals surface area contributed by atoms with Gasteiger partial charge in [-0.25, -0.2) is 5.10 Å². The molecule has 0 aliphatic carbocycles. The number of hydrogen-bond donors (Lipinski definition) is 1. The van der Waals surface area contributed by atoms with E-state index in [9.17, 15) is 4.79 Å². The van der Waals surface area contributed by atoms with E-state index in [1.165, 1.54) is 0 Å². The second kappa shape index (κ2) is 2.96. The topological polar surface area (TPSA) is 49.0 Å². The van der Waals surface area contributed by atoms with Crippen LogP contribution in [-0.4, -0.2) is 28.7 Å². The maximum atomic E-state index is 11.3. The van der Waals surface area contributed by atoms with E-state index in [4.69, 9.17) is 0 Å². The van der Waals surface area contributed by atoms with Gasteiger partial charge in [0.2, 0.25) is 0 Å². The lowest BCUT2D eigenvalue weighted by molar-refractivity contribution is 0.307. The number of hydrogen-bond acceptors (Lipinski definition) is 3. The molecule has 0 radical (unpaired) electrons. The predicted octanol–water partition coefficient (Wildman–Crippen LogP) is 0.0662. The van der Waals surface area contributed by atoms with Crippen LogP contribution in [0.1, 0.15) is 16.8 Å². The van der Waals surface area contributed by atoms with Gasteiger partial charge in [-0.05, 0) is 19.5 Å². The van der Waals surface area contributed by atoms with Crippen molar-refractivity contribution in [1.82, 2.24) is 15.1 Å². The van der Waals surface area contributed by atoms with Crippen molar-refractivity contribution >= 4 is 0 Å². The Balaban J connectivity index is 2.55. The Bertz CT molecular complexity index is 383. The first-order valence-electron chi connectivity index (χ1n) is 4.44. The van der Waals surface area contributed by atoms with Gasteiger partial charge in [0.1, 0.15) is 0 Å². The number of fused-ring (bicyclic) bond motifs is 1. The summed E-state index contributed by atoms with van der Waals surface area (Å²) in [6, 6.07) is 0. The molecular weight excluding hydrogens is 166 g/mol. The summed E-state index contributed by atoms with van der Waals surface area (Å²) in [6.45, 7) is 3.72. The van der Waals surface area contributed by atoms with E-state index in [1.807, 2.05) is 6.92 Å². The zero-order chi connectivity index (χ0) is 9.42. The molecule has 0 fully saturated rings. The quantitative estimate of drug-likeness (QED) is 0.613. The molecule has 0 aromatic carbocycles. The van der Waals surface area contributed by atoms with Gasteiger partial charge in [-0.3, -0.25) is 4.79 Å². The molecule has 0 spiro atoms. The SMILES string of the molecule is Cc1c2c(n[nH]c1=O)CCN(C)C2. The average molecular weight is 179 g/mol. The van der Waals surface area contributed by atoms with E-state index in [0.29, 0.717) is 0 Å². The Labute approximate surface area is 76.6 Å². The summed E-state index contributed by atoms with van der Waals surface area (Å²) in [7, 11) is 2.06. The van der Waals surface area contributed by atoms with Crippen LogP contribution in [0, 0.1) is 6.92 Å². The van der Waals surface area contributed by atoms with Gasteiger partial charge in [0, 0.05) is 25.1 Å². The Morgan fingerprint density at radius 2 is 2.31 bits per heavy atom. The minimum atomic E-state index is -0.0611. The van der Waals surface area contributed by atoms with Crippen LogP contribution in [0.5, 0.6) is 0 Å². The van der Waals surface area contributed by atoms with Crippen molar-refractivity contribution in [2.75, 3.05) is 13.6 Å². The second-order valence-corrected chi connectivity index (χ2v) is 3.59. The summed E-state index contributed by atoms with van der Waals surface area (Å²) in [6.07, 6.45) is 0.934. The van der Waals surface area contributed by atoms with Crippen LogP contribution in [0.25, 0.3) is 0 Å². The Morgan fingerprint density at radius 1 is 1.54 bits per heavy atom. The lowest BCUT2D eigenvalue weighted by Gasteiger charge is -2.24. The molecule has 1 aromatic rings. The molecule has 0 bridgehead atoms. The van der Waals surface area contributed by atoms with Crippen molar-refractivity contribution in [1.29, 1.82) is 0 Å². The normalized spacial score (nSPS) is 17.1. The van der Waals surface area contributed by atoms with Crippen molar-refractivity contribution < 1.29 is 0 Å². The summed E-state index contributed by atoms with van der Waals surface area (Å²) in [5, 5.41) is 6.57. The van der Waals surface area contributed by atoms with Crippen LogP contribution in [0.4, 0.5) is 0 Å². The molecule has 4 nitrogen and oxygen atoms in total. The Morgan fingerprint density at radius 3 is 3.08 bits per heavy atom. The van der Waals surface area contributed by atoms with E-state index in [-0.39, 0.29) is 5.56 Å². The van der Waals surface area contributed by atoms with Crippen molar-refractivity contribution in [3.8, 4) is 0 Å². The number of nitrogens with zero attached hydrogens (tertiary/aromatic N) is 2. The fourth-order valence-electron chi connectivity index (χ4n) is 1.69. The fraction of sp³-hybridized carbons (Fsp3) is 0.556. The van der Waals surface area contributed by atoms with E-state index in [0.717, 1.165) is 36.3 Å². The fourth-order valence-corrected chi connectivity index (χ4v) is 1.69. The molecule has 4 heteroatoms. The van der Waals surface area contributed by atoms with E-state index in [2.05, 4.69) is 22.1 Å². The lowest BCUT2D eigenvalue weighted by Crippen LogP contribution is -2.31. The highest BCUT2D eigenvalue weighted by molar-refractivity contribution is 5.28. The molecule has 1 N–H and O–H groups in total. The van der Waals surface area contributed by atoms with Gasteiger partial charge in [0.05, 0.1) is 5.69 Å². The molecule has 70 valence electrons. The third-order valence-electron chi connectivity index (χ3n) is 2.59. The molecule has 1 aliphatic rings. The molecule has 2 heterocycles. The zero-order valence-corrected chi connectivity index (χ0v) is 7.92. The molecular formula is C9H13N3O. The standard InChI is InChI=1S/C9H13N3O/c1-6-7-5-12(2)4-3-8(7)10-11-9(6)13/h3-5H2,1-2H3,(H,11,13). The molecule has 1 aliphatic heterocycles. The van der Waals surface area contributed by atoms with Gasteiger partial charge in [-0.2, -0.15) is 5.10 Å². The van der Waals surface area contributed by atoms with Gasteiger partial charge in [-0.15, -0.1) is 0 Å². The molecule has 2 rings (SSSR count). The first kappa shape index (κ1) is 8.44. The molecule has 13 heavy (non-hydrogen) atoms. The first-order valence-corrected chi connectivity index (χ1v) is 4.44. The zero-order valence-electron chi connectivity index (χ0n) is 7.92.